The van der Waals surface area contributed by atoms with E-state index in [4.69, 9.17) is 13.9 Å². The van der Waals surface area contributed by atoms with Gasteiger partial charge in [0.2, 0.25) is 18.6 Å². The van der Waals surface area contributed by atoms with Gasteiger partial charge >= 0.3 is 0 Å². The van der Waals surface area contributed by atoms with Gasteiger partial charge in [-0.05, 0) is 37.3 Å². The zero-order chi connectivity index (χ0) is 21.9. The molecule has 0 saturated heterocycles. The molecule has 32 heavy (non-hydrogen) atoms. The van der Waals surface area contributed by atoms with E-state index in [9.17, 15) is 4.79 Å². The minimum Gasteiger partial charge on any atom is -0.454 e. The van der Waals surface area contributed by atoms with E-state index in [1.165, 1.54) is 23.1 Å². The number of thioether (sulfide) groups is 1. The Morgan fingerprint density at radius 3 is 2.84 bits per heavy atom. The Balaban J connectivity index is 1.15. The third kappa shape index (κ3) is 4.76. The van der Waals surface area contributed by atoms with E-state index in [1.807, 2.05) is 54.8 Å². The molecule has 0 atom stereocenters. The second-order valence-corrected chi connectivity index (χ2v) is 8.92. The van der Waals surface area contributed by atoms with E-state index in [-0.39, 0.29) is 19.1 Å². The maximum Gasteiger partial charge on any atom is 0.277 e. The lowest BCUT2D eigenvalue weighted by Crippen LogP contribution is -2.14. The van der Waals surface area contributed by atoms with Gasteiger partial charge in [-0.25, -0.2) is 4.98 Å². The van der Waals surface area contributed by atoms with Crippen molar-refractivity contribution < 1.29 is 18.7 Å². The highest BCUT2D eigenvalue weighted by Crippen LogP contribution is 2.36. The molecular weight excluding hydrogens is 448 g/mol. The molecule has 0 saturated carbocycles. The Kier molecular flexibility index (Phi) is 5.78. The highest BCUT2D eigenvalue weighted by Gasteiger charge is 2.17. The van der Waals surface area contributed by atoms with Crippen molar-refractivity contribution in [3.05, 3.63) is 64.1 Å². The number of aromatic nitrogens is 3. The molecule has 162 valence electrons. The monoisotopic (exact) mass is 466 g/mol. The van der Waals surface area contributed by atoms with E-state index in [0.29, 0.717) is 28.4 Å². The first-order valence-electron chi connectivity index (χ1n) is 9.78. The summed E-state index contributed by atoms with van der Waals surface area (Å²) in [6, 6.07) is 13.2. The fourth-order valence-corrected chi connectivity index (χ4v) is 4.58. The topological polar surface area (TPSA) is 99.4 Å². The van der Waals surface area contributed by atoms with E-state index < -0.39 is 0 Å². The average Bonchev–Trinajstić information content (AvgIpc) is 3.54. The van der Waals surface area contributed by atoms with Crippen LogP contribution in [0.2, 0.25) is 0 Å². The molecule has 1 amide bonds. The summed E-state index contributed by atoms with van der Waals surface area (Å²) < 4.78 is 16.5. The van der Waals surface area contributed by atoms with Gasteiger partial charge < -0.3 is 19.2 Å². The third-order valence-electron chi connectivity index (χ3n) is 4.62. The third-order valence-corrected chi connectivity index (χ3v) is 6.37. The van der Waals surface area contributed by atoms with Gasteiger partial charge in [-0.1, -0.05) is 29.5 Å². The first kappa shape index (κ1) is 20.5. The lowest BCUT2D eigenvalue weighted by Gasteiger charge is -2.04. The van der Waals surface area contributed by atoms with Gasteiger partial charge in [0.25, 0.3) is 5.22 Å². The largest absolute Gasteiger partial charge is 0.454 e. The lowest BCUT2D eigenvalue weighted by atomic mass is 10.2. The summed E-state index contributed by atoms with van der Waals surface area (Å²) in [6.07, 6.45) is 0.234. The van der Waals surface area contributed by atoms with Crippen molar-refractivity contribution in [1.29, 1.82) is 0 Å². The number of nitrogens with one attached hydrogen (secondary N) is 1. The van der Waals surface area contributed by atoms with Crippen LogP contribution in [0.4, 0.5) is 5.69 Å². The number of rotatable bonds is 7. The van der Waals surface area contributed by atoms with Crippen molar-refractivity contribution >= 4 is 34.7 Å². The SMILES string of the molecule is Cc1ccc(NC(=O)Cc2nc(CSc3nnc(-c4ccc5c(c4)OCO5)o3)cs2)cc1. The number of nitrogens with zero attached hydrogens (tertiary/aromatic N) is 3. The second-order valence-electron chi connectivity index (χ2n) is 7.05. The molecule has 0 bridgehead atoms. The fourth-order valence-electron chi connectivity index (χ4n) is 3.03. The fraction of sp³-hybridized carbons (Fsp3) is 0.182. The summed E-state index contributed by atoms with van der Waals surface area (Å²) in [5.74, 6) is 2.26. The number of anilines is 1. The van der Waals surface area contributed by atoms with Crippen LogP contribution in [0.15, 0.2) is 57.5 Å². The molecule has 1 N–H and O–H groups in total. The molecule has 0 radical (unpaired) electrons. The number of ether oxygens (including phenoxy) is 2. The standard InChI is InChI=1S/C22H18N4O4S2/c1-13-2-5-15(6-3-13)23-19(27)9-20-24-16(10-31-20)11-32-22-26-25-21(30-22)14-4-7-17-18(8-14)29-12-28-17/h2-8,10H,9,11-12H2,1H3,(H,23,27). The zero-order valence-corrected chi connectivity index (χ0v) is 18.7. The number of amides is 1. The molecule has 0 aliphatic carbocycles. The molecule has 2 aromatic heterocycles. The number of hydrogen-bond donors (Lipinski definition) is 1. The maximum atomic E-state index is 12.3. The maximum absolute atomic E-state index is 12.3. The lowest BCUT2D eigenvalue weighted by molar-refractivity contribution is -0.115. The Labute approximate surface area is 192 Å². The molecule has 2 aromatic carbocycles. The van der Waals surface area contributed by atoms with Gasteiger partial charge in [0.15, 0.2) is 11.5 Å². The van der Waals surface area contributed by atoms with E-state index >= 15 is 0 Å². The van der Waals surface area contributed by atoms with Crippen LogP contribution >= 0.6 is 23.1 Å². The highest BCUT2D eigenvalue weighted by atomic mass is 32.2. The average molecular weight is 467 g/mol. The van der Waals surface area contributed by atoms with Crippen LogP contribution in [0.1, 0.15) is 16.3 Å². The molecule has 10 heteroatoms. The quantitative estimate of drug-likeness (QED) is 0.391. The van der Waals surface area contributed by atoms with Crippen molar-refractivity contribution in [2.75, 3.05) is 12.1 Å². The Morgan fingerprint density at radius 1 is 1.12 bits per heavy atom. The second kappa shape index (κ2) is 9.01. The summed E-state index contributed by atoms with van der Waals surface area (Å²) in [5, 5.41) is 14.2. The van der Waals surface area contributed by atoms with Gasteiger partial charge in [-0.3, -0.25) is 4.79 Å². The smallest absolute Gasteiger partial charge is 0.277 e. The van der Waals surface area contributed by atoms with Crippen molar-refractivity contribution in [2.24, 2.45) is 0 Å². The van der Waals surface area contributed by atoms with Crippen LogP contribution in [0.5, 0.6) is 11.5 Å². The number of hydrogen-bond acceptors (Lipinski definition) is 9. The van der Waals surface area contributed by atoms with Crippen molar-refractivity contribution in [3.8, 4) is 23.0 Å². The molecule has 3 heterocycles. The summed E-state index contributed by atoms with van der Waals surface area (Å²) in [4.78, 5) is 16.8. The van der Waals surface area contributed by atoms with Gasteiger partial charge in [-0.15, -0.1) is 21.5 Å². The molecule has 5 rings (SSSR count). The molecule has 0 unspecified atom stereocenters. The van der Waals surface area contributed by atoms with Crippen LogP contribution in [0.3, 0.4) is 0 Å². The number of carbonyl (C=O) groups is 1. The molecule has 8 nitrogen and oxygen atoms in total. The first-order chi connectivity index (χ1) is 15.6. The minimum atomic E-state index is -0.0901. The van der Waals surface area contributed by atoms with Crippen LogP contribution in [0.25, 0.3) is 11.5 Å². The zero-order valence-electron chi connectivity index (χ0n) is 17.0. The molecule has 0 spiro atoms. The van der Waals surface area contributed by atoms with E-state index in [0.717, 1.165) is 27.5 Å². The predicted molar refractivity (Wildman–Crippen MR) is 121 cm³/mol. The summed E-state index contributed by atoms with van der Waals surface area (Å²) in [6.45, 7) is 2.22. The van der Waals surface area contributed by atoms with Gasteiger partial charge in [0, 0.05) is 22.4 Å². The highest BCUT2D eigenvalue weighted by molar-refractivity contribution is 7.98. The first-order valence-corrected chi connectivity index (χ1v) is 11.6. The van der Waals surface area contributed by atoms with Crippen LogP contribution in [-0.2, 0) is 17.0 Å². The van der Waals surface area contributed by atoms with Gasteiger partial charge in [-0.2, -0.15) is 0 Å². The molecular formula is C22H18N4O4S2. The molecule has 4 aromatic rings. The van der Waals surface area contributed by atoms with Crippen LogP contribution < -0.4 is 14.8 Å². The van der Waals surface area contributed by atoms with Gasteiger partial charge in [0.1, 0.15) is 5.01 Å². The summed E-state index contributed by atoms with van der Waals surface area (Å²) in [5.41, 5.74) is 3.56. The van der Waals surface area contributed by atoms with Crippen molar-refractivity contribution in [2.45, 2.75) is 24.3 Å². The Morgan fingerprint density at radius 2 is 1.97 bits per heavy atom. The number of carbonyl (C=O) groups excluding carboxylic acids is 1. The Bertz CT molecular complexity index is 1250. The predicted octanol–water partition coefficient (Wildman–Crippen LogP) is 4.70. The van der Waals surface area contributed by atoms with Crippen LogP contribution in [0, 0.1) is 6.92 Å². The summed E-state index contributed by atoms with van der Waals surface area (Å²) in [7, 11) is 0. The molecule has 1 aliphatic heterocycles. The van der Waals surface area contributed by atoms with E-state index in [2.05, 4.69) is 20.5 Å². The number of thiazole rings is 1. The Hall–Kier alpha value is -3.37. The molecule has 0 fully saturated rings. The van der Waals surface area contributed by atoms with Crippen molar-refractivity contribution in [3.63, 3.8) is 0 Å². The van der Waals surface area contributed by atoms with Crippen molar-refractivity contribution in [1.82, 2.24) is 15.2 Å². The van der Waals surface area contributed by atoms with Gasteiger partial charge in [0.05, 0.1) is 12.1 Å². The molecule has 1 aliphatic rings. The number of benzene rings is 2. The minimum absolute atomic E-state index is 0.0901. The number of aryl methyl sites for hydroxylation is 1. The number of fused-ring (bicyclic) bond motifs is 1. The normalized spacial score (nSPS) is 12.2. The van der Waals surface area contributed by atoms with E-state index in [1.54, 1.807) is 0 Å². The summed E-state index contributed by atoms with van der Waals surface area (Å²) >= 11 is 2.86. The van der Waals surface area contributed by atoms with Crippen LogP contribution in [-0.4, -0.2) is 27.9 Å².